The Hall–Kier alpha value is -1.81. The third kappa shape index (κ3) is 3.39. The molecule has 1 aromatic carbocycles. The molecule has 1 heterocycles. The summed E-state index contributed by atoms with van der Waals surface area (Å²) in [4.78, 5) is 6.65. The zero-order valence-electron chi connectivity index (χ0n) is 12.4. The summed E-state index contributed by atoms with van der Waals surface area (Å²) in [5.74, 6) is 0. The van der Waals surface area contributed by atoms with Crippen LogP contribution in [0, 0.1) is 0 Å². The Morgan fingerprint density at radius 3 is 2.75 bits per heavy atom. The van der Waals surface area contributed by atoms with Crippen LogP contribution in [0.4, 0.5) is 11.4 Å². The second-order valence-corrected chi connectivity index (χ2v) is 4.98. The first-order chi connectivity index (χ1) is 9.76. The second-order valence-electron chi connectivity index (χ2n) is 4.98. The van der Waals surface area contributed by atoms with Crippen LogP contribution in [0.5, 0.6) is 0 Å². The molecule has 1 aromatic heterocycles. The van der Waals surface area contributed by atoms with E-state index >= 15 is 0 Å². The first kappa shape index (κ1) is 14.6. The van der Waals surface area contributed by atoms with E-state index in [0.717, 1.165) is 48.3 Å². The molecule has 0 fully saturated rings. The summed E-state index contributed by atoms with van der Waals surface area (Å²) in [6.07, 6.45) is 4.85. The van der Waals surface area contributed by atoms with Crippen LogP contribution < -0.4 is 11.1 Å². The van der Waals surface area contributed by atoms with Crippen LogP contribution in [0.25, 0.3) is 10.8 Å². The average molecular weight is 272 g/mol. The molecule has 0 radical (unpaired) electrons. The normalized spacial score (nSPS) is 11.2. The molecule has 0 bridgehead atoms. The van der Waals surface area contributed by atoms with Gasteiger partial charge in [0.25, 0.3) is 0 Å². The number of nitrogens with one attached hydrogen (secondary N) is 1. The van der Waals surface area contributed by atoms with Crippen LogP contribution >= 0.6 is 0 Å². The van der Waals surface area contributed by atoms with E-state index in [0.29, 0.717) is 0 Å². The quantitative estimate of drug-likeness (QED) is 0.761. The number of anilines is 2. The maximum absolute atomic E-state index is 6.00. The molecule has 0 aliphatic rings. The van der Waals surface area contributed by atoms with Crippen molar-refractivity contribution in [3.05, 3.63) is 30.6 Å². The second kappa shape index (κ2) is 7.10. The molecular weight excluding hydrogens is 248 g/mol. The number of likely N-dealkylation sites (N-methyl/N-ethyl adjacent to an activating group) is 1. The van der Waals surface area contributed by atoms with Crippen LogP contribution in [-0.4, -0.2) is 36.1 Å². The minimum Gasteiger partial charge on any atom is -0.398 e. The fourth-order valence-corrected chi connectivity index (χ4v) is 2.46. The number of nitrogens with two attached hydrogens (primary N) is 1. The Kier molecular flexibility index (Phi) is 5.18. The molecule has 0 aliphatic heterocycles. The van der Waals surface area contributed by atoms with Crippen molar-refractivity contribution < 1.29 is 0 Å². The lowest BCUT2D eigenvalue weighted by molar-refractivity contribution is 0.300. The summed E-state index contributed by atoms with van der Waals surface area (Å²) in [7, 11) is 0. The molecule has 20 heavy (non-hydrogen) atoms. The average Bonchev–Trinajstić information content (AvgIpc) is 2.49. The van der Waals surface area contributed by atoms with Gasteiger partial charge in [-0.3, -0.25) is 4.98 Å². The highest BCUT2D eigenvalue weighted by molar-refractivity contribution is 6.00. The Balaban J connectivity index is 2.05. The number of aromatic nitrogens is 1. The topological polar surface area (TPSA) is 54.2 Å². The minimum atomic E-state index is 0.800. The molecule has 108 valence electrons. The predicted molar refractivity (Wildman–Crippen MR) is 87.1 cm³/mol. The van der Waals surface area contributed by atoms with E-state index in [4.69, 9.17) is 5.73 Å². The standard InChI is InChI=1S/C16H24N4/c1-3-10-20(4-2)11-9-19-16-6-5-15(17)13-7-8-18-12-14(13)16/h5-8,12,19H,3-4,9-11,17H2,1-2H3. The number of benzene rings is 1. The fraction of sp³-hybridized carbons (Fsp3) is 0.438. The van der Waals surface area contributed by atoms with E-state index in [9.17, 15) is 0 Å². The summed E-state index contributed by atoms with van der Waals surface area (Å²) in [6.45, 7) is 8.66. The molecule has 0 spiro atoms. The highest BCUT2D eigenvalue weighted by atomic mass is 15.1. The molecule has 0 saturated carbocycles. The number of hydrogen-bond donors (Lipinski definition) is 2. The Bertz CT molecular complexity index is 553. The van der Waals surface area contributed by atoms with Gasteiger partial charge in [0, 0.05) is 47.6 Å². The van der Waals surface area contributed by atoms with Crippen molar-refractivity contribution >= 4 is 22.1 Å². The molecule has 0 unspecified atom stereocenters. The number of rotatable bonds is 7. The number of pyridine rings is 1. The van der Waals surface area contributed by atoms with Crippen LogP contribution in [0.15, 0.2) is 30.6 Å². The van der Waals surface area contributed by atoms with Gasteiger partial charge in [-0.25, -0.2) is 0 Å². The summed E-state index contributed by atoms with van der Waals surface area (Å²) in [5.41, 5.74) is 7.91. The van der Waals surface area contributed by atoms with Gasteiger partial charge in [-0.15, -0.1) is 0 Å². The van der Waals surface area contributed by atoms with Crippen molar-refractivity contribution in [1.29, 1.82) is 0 Å². The van der Waals surface area contributed by atoms with E-state index < -0.39 is 0 Å². The highest BCUT2D eigenvalue weighted by Crippen LogP contribution is 2.27. The summed E-state index contributed by atoms with van der Waals surface area (Å²) in [6, 6.07) is 5.95. The van der Waals surface area contributed by atoms with Gasteiger partial charge >= 0.3 is 0 Å². The molecular formula is C16H24N4. The lowest BCUT2D eigenvalue weighted by atomic mass is 10.1. The molecule has 4 nitrogen and oxygen atoms in total. The van der Waals surface area contributed by atoms with Crippen molar-refractivity contribution in [3.8, 4) is 0 Å². The zero-order chi connectivity index (χ0) is 14.4. The molecule has 0 amide bonds. The maximum Gasteiger partial charge on any atom is 0.0437 e. The van der Waals surface area contributed by atoms with E-state index in [2.05, 4.69) is 29.0 Å². The molecule has 2 rings (SSSR count). The maximum atomic E-state index is 6.00. The van der Waals surface area contributed by atoms with Gasteiger partial charge in [-0.2, -0.15) is 0 Å². The Morgan fingerprint density at radius 1 is 1.15 bits per heavy atom. The van der Waals surface area contributed by atoms with Crippen molar-refractivity contribution in [2.75, 3.05) is 37.2 Å². The third-order valence-electron chi connectivity index (χ3n) is 3.58. The lowest BCUT2D eigenvalue weighted by Gasteiger charge is -2.20. The van der Waals surface area contributed by atoms with Gasteiger partial charge in [0.1, 0.15) is 0 Å². The van der Waals surface area contributed by atoms with E-state index in [1.54, 1.807) is 6.20 Å². The molecule has 4 heteroatoms. The molecule has 0 atom stereocenters. The number of nitrogens with zero attached hydrogens (tertiary/aromatic N) is 2. The third-order valence-corrected chi connectivity index (χ3v) is 3.58. The number of hydrogen-bond acceptors (Lipinski definition) is 4. The lowest BCUT2D eigenvalue weighted by Crippen LogP contribution is -2.29. The van der Waals surface area contributed by atoms with E-state index in [1.807, 2.05) is 24.4 Å². The zero-order valence-corrected chi connectivity index (χ0v) is 12.4. The summed E-state index contributed by atoms with van der Waals surface area (Å²) in [5, 5.41) is 5.65. The van der Waals surface area contributed by atoms with Crippen molar-refractivity contribution in [3.63, 3.8) is 0 Å². The van der Waals surface area contributed by atoms with Gasteiger partial charge in [0.2, 0.25) is 0 Å². The van der Waals surface area contributed by atoms with E-state index in [1.165, 1.54) is 6.42 Å². The number of fused-ring (bicyclic) bond motifs is 1. The molecule has 0 aliphatic carbocycles. The van der Waals surface area contributed by atoms with Crippen molar-refractivity contribution in [2.45, 2.75) is 20.3 Å². The predicted octanol–water partition coefficient (Wildman–Crippen LogP) is 2.96. The number of nitrogen functional groups attached to an aromatic ring is 1. The largest absolute Gasteiger partial charge is 0.398 e. The van der Waals surface area contributed by atoms with Crippen LogP contribution in [0.3, 0.4) is 0 Å². The van der Waals surface area contributed by atoms with Crippen molar-refractivity contribution in [1.82, 2.24) is 9.88 Å². The molecule has 2 aromatic rings. The van der Waals surface area contributed by atoms with Crippen LogP contribution in [0.2, 0.25) is 0 Å². The van der Waals surface area contributed by atoms with Crippen molar-refractivity contribution in [2.24, 2.45) is 0 Å². The van der Waals surface area contributed by atoms with Gasteiger partial charge in [0.15, 0.2) is 0 Å². The van der Waals surface area contributed by atoms with Gasteiger partial charge in [-0.1, -0.05) is 13.8 Å². The summed E-state index contributed by atoms with van der Waals surface area (Å²) >= 11 is 0. The Morgan fingerprint density at radius 2 is 2.00 bits per heavy atom. The smallest absolute Gasteiger partial charge is 0.0437 e. The fourth-order valence-electron chi connectivity index (χ4n) is 2.46. The monoisotopic (exact) mass is 272 g/mol. The van der Waals surface area contributed by atoms with Gasteiger partial charge in [0.05, 0.1) is 0 Å². The highest BCUT2D eigenvalue weighted by Gasteiger charge is 2.05. The Labute approximate surface area is 121 Å². The van der Waals surface area contributed by atoms with Gasteiger partial charge < -0.3 is 16.0 Å². The first-order valence-corrected chi connectivity index (χ1v) is 7.34. The molecule has 0 saturated heterocycles. The first-order valence-electron chi connectivity index (χ1n) is 7.34. The van der Waals surface area contributed by atoms with Crippen LogP contribution in [-0.2, 0) is 0 Å². The van der Waals surface area contributed by atoms with Crippen LogP contribution in [0.1, 0.15) is 20.3 Å². The minimum absolute atomic E-state index is 0.800. The molecule has 3 N–H and O–H groups in total. The van der Waals surface area contributed by atoms with Gasteiger partial charge in [-0.05, 0) is 37.7 Å². The SMILES string of the molecule is CCCN(CC)CCNc1ccc(N)c2ccncc12. The summed E-state index contributed by atoms with van der Waals surface area (Å²) < 4.78 is 0. The van der Waals surface area contributed by atoms with E-state index in [-0.39, 0.29) is 0 Å².